The minimum absolute atomic E-state index is 0.308. The summed E-state index contributed by atoms with van der Waals surface area (Å²) in [5.41, 5.74) is 4.92. The van der Waals surface area contributed by atoms with Crippen molar-refractivity contribution in [2.24, 2.45) is 5.73 Å². The first kappa shape index (κ1) is 6.95. The molecule has 0 unspecified atom stereocenters. The second-order valence-electron chi connectivity index (χ2n) is 1.09. The van der Waals surface area contributed by atoms with E-state index >= 15 is 0 Å². The third-order valence-corrected chi connectivity index (χ3v) is 1.24. The predicted octanol–water partition coefficient (Wildman–Crippen LogP) is -2.35. The number of hydrogen-bond acceptors (Lipinski definition) is 3. The van der Waals surface area contributed by atoms with Gasteiger partial charge in [-0.1, -0.05) is 0 Å². The number of rotatable bonds is 2. The Bertz CT molecular complexity index is 75.3. The first-order valence-electron chi connectivity index (χ1n) is 1.73. The predicted molar refractivity (Wildman–Crippen MR) is 23.5 cm³/mol. The van der Waals surface area contributed by atoms with Crippen molar-refractivity contribution in [1.29, 1.82) is 0 Å². The van der Waals surface area contributed by atoms with Crippen LogP contribution in [0.15, 0.2) is 0 Å². The van der Waals surface area contributed by atoms with Crippen LogP contribution in [0, 0.1) is 0 Å². The molecule has 0 aromatic rings. The van der Waals surface area contributed by atoms with Crippen LogP contribution in [-0.2, 0) is 4.79 Å². The van der Waals surface area contributed by atoms with E-state index in [2.05, 4.69) is 16.0 Å². The van der Waals surface area contributed by atoms with E-state index < -0.39 is 12.0 Å². The number of hydrogen-bond donors (Lipinski definition) is 1. The Kier molecular flexibility index (Phi) is 3.00. The number of aliphatic carboxylic acids is 1. The van der Waals surface area contributed by atoms with Crippen LogP contribution >= 0.6 is 0 Å². The monoisotopic (exact) mass is 167 g/mol. The van der Waals surface area contributed by atoms with E-state index in [9.17, 15) is 9.90 Å². The summed E-state index contributed by atoms with van der Waals surface area (Å²) in [6.45, 7) is 0. The Hall–Kier alpha value is -0.0505. The molecule has 0 saturated carbocycles. The fourth-order valence-corrected chi connectivity index (χ4v) is 0.354. The molecule has 0 saturated heterocycles. The molecule has 41 valence electrons. The van der Waals surface area contributed by atoms with E-state index in [1.807, 2.05) is 0 Å². The molecule has 0 aromatic heterocycles. The zero-order valence-electron chi connectivity index (χ0n) is 3.59. The quantitative estimate of drug-likeness (QED) is 0.467. The van der Waals surface area contributed by atoms with Gasteiger partial charge in [-0.3, -0.25) is 0 Å². The van der Waals surface area contributed by atoms with Gasteiger partial charge in [0.25, 0.3) is 0 Å². The molecule has 2 N–H and O–H groups in total. The summed E-state index contributed by atoms with van der Waals surface area (Å²) in [4.78, 5) is 9.67. The summed E-state index contributed by atoms with van der Waals surface area (Å²) in [6.07, 6.45) is 0. The van der Waals surface area contributed by atoms with Gasteiger partial charge in [-0.25, -0.2) is 0 Å². The second-order valence-corrected chi connectivity index (χ2v) is 1.79. The Morgan fingerprint density at radius 2 is 2.43 bits per heavy atom. The van der Waals surface area contributed by atoms with E-state index in [1.165, 1.54) is 0 Å². The van der Waals surface area contributed by atoms with E-state index in [-0.39, 0.29) is 0 Å². The summed E-state index contributed by atoms with van der Waals surface area (Å²) in [5.74, 6) is -1.21. The number of carbonyl (C=O) groups excluding carboxylic acids is 1. The van der Waals surface area contributed by atoms with Crippen LogP contribution < -0.4 is 10.8 Å². The molecule has 0 fully saturated rings. The van der Waals surface area contributed by atoms with Gasteiger partial charge in [0.15, 0.2) is 0 Å². The first-order valence-corrected chi connectivity index (χ1v) is 2.94. The SMILES string of the molecule is N[C@H](C[Se])C(=O)[O-]. The van der Waals surface area contributed by atoms with Gasteiger partial charge in [0.2, 0.25) is 0 Å². The number of carboxylic acid groups (broad SMARTS) is 1. The second kappa shape index (κ2) is 3.02. The van der Waals surface area contributed by atoms with Crippen molar-refractivity contribution in [3.05, 3.63) is 0 Å². The van der Waals surface area contributed by atoms with Crippen molar-refractivity contribution in [3.8, 4) is 0 Å². The molecular formula is C3H5NO2Se-. The molecule has 0 spiro atoms. The molecule has 0 aliphatic rings. The fourth-order valence-electron chi connectivity index (χ4n) is 0.0680. The van der Waals surface area contributed by atoms with Crippen LogP contribution in [0.4, 0.5) is 0 Å². The normalized spacial score (nSPS) is 13.4. The topological polar surface area (TPSA) is 66.2 Å². The summed E-state index contributed by atoms with van der Waals surface area (Å²) in [7, 11) is 0. The maximum atomic E-state index is 9.67. The van der Waals surface area contributed by atoms with Crippen molar-refractivity contribution < 1.29 is 9.90 Å². The third kappa shape index (κ3) is 2.62. The molecule has 0 rings (SSSR count). The molecule has 0 aromatic carbocycles. The number of carbonyl (C=O) groups is 1. The third-order valence-electron chi connectivity index (χ3n) is 0.482. The van der Waals surface area contributed by atoms with E-state index in [4.69, 9.17) is 5.73 Å². The van der Waals surface area contributed by atoms with Gasteiger partial charge in [-0.05, 0) is 0 Å². The molecule has 4 heteroatoms. The van der Waals surface area contributed by atoms with E-state index in [1.54, 1.807) is 0 Å². The molecule has 1 atom stereocenters. The van der Waals surface area contributed by atoms with Gasteiger partial charge in [0, 0.05) is 0 Å². The average molecular weight is 166 g/mol. The number of nitrogens with two attached hydrogens (primary N) is 1. The van der Waals surface area contributed by atoms with Crippen molar-refractivity contribution in [2.45, 2.75) is 11.4 Å². The van der Waals surface area contributed by atoms with Gasteiger partial charge in [-0.15, -0.1) is 0 Å². The Balaban J connectivity index is 3.34. The molecule has 1 radical (unpaired) electrons. The van der Waals surface area contributed by atoms with Crippen molar-refractivity contribution in [3.63, 3.8) is 0 Å². The van der Waals surface area contributed by atoms with Crippen LogP contribution in [0.1, 0.15) is 0 Å². The van der Waals surface area contributed by atoms with Crippen LogP contribution in [0.2, 0.25) is 5.32 Å². The van der Waals surface area contributed by atoms with Crippen molar-refractivity contribution in [2.75, 3.05) is 0 Å². The molecule has 0 amide bonds. The molecular weight excluding hydrogens is 161 g/mol. The van der Waals surface area contributed by atoms with Gasteiger partial charge < -0.3 is 0 Å². The minimum atomic E-state index is -1.21. The van der Waals surface area contributed by atoms with Crippen LogP contribution in [0.5, 0.6) is 0 Å². The Morgan fingerprint density at radius 1 is 2.00 bits per heavy atom. The summed E-state index contributed by atoms with van der Waals surface area (Å²) >= 11 is 2.48. The Morgan fingerprint density at radius 3 is 2.43 bits per heavy atom. The maximum absolute atomic E-state index is 9.67. The zero-order chi connectivity index (χ0) is 5.86. The fraction of sp³-hybridized carbons (Fsp3) is 0.667. The zero-order valence-corrected chi connectivity index (χ0v) is 5.30. The van der Waals surface area contributed by atoms with E-state index in [0.29, 0.717) is 5.32 Å². The van der Waals surface area contributed by atoms with Gasteiger partial charge in [0.05, 0.1) is 0 Å². The van der Waals surface area contributed by atoms with Crippen molar-refractivity contribution >= 4 is 22.0 Å². The van der Waals surface area contributed by atoms with E-state index in [0.717, 1.165) is 0 Å². The molecule has 7 heavy (non-hydrogen) atoms. The first-order chi connectivity index (χ1) is 3.18. The van der Waals surface area contributed by atoms with Gasteiger partial charge >= 0.3 is 49.0 Å². The number of carboxylic acids is 1. The summed E-state index contributed by atoms with van der Waals surface area (Å²) in [6, 6.07) is -0.847. The summed E-state index contributed by atoms with van der Waals surface area (Å²) in [5, 5.41) is 9.98. The Labute approximate surface area is 49.7 Å². The van der Waals surface area contributed by atoms with Crippen molar-refractivity contribution in [1.82, 2.24) is 0 Å². The van der Waals surface area contributed by atoms with Crippen LogP contribution in [-0.4, -0.2) is 28.0 Å². The summed E-state index contributed by atoms with van der Waals surface area (Å²) < 4.78 is 0. The average Bonchev–Trinajstić information content (AvgIpc) is 1.65. The van der Waals surface area contributed by atoms with Gasteiger partial charge in [0.1, 0.15) is 0 Å². The standard InChI is InChI=1S/C3H6NO2Se/c4-2(1-7)3(5)6/h2H,1,4H2,(H,5,6)/p-1/t2-/m1/s1. The molecule has 0 bridgehead atoms. The molecule has 0 aliphatic heterocycles. The molecule has 0 aliphatic carbocycles. The van der Waals surface area contributed by atoms with Crippen LogP contribution in [0.25, 0.3) is 0 Å². The molecule has 0 heterocycles. The van der Waals surface area contributed by atoms with Gasteiger partial charge in [-0.2, -0.15) is 0 Å². The van der Waals surface area contributed by atoms with Crippen LogP contribution in [0.3, 0.4) is 0 Å². The molecule has 3 nitrogen and oxygen atoms in total.